The predicted molar refractivity (Wildman–Crippen MR) is 56.4 cm³/mol. The van der Waals surface area contributed by atoms with Crippen molar-refractivity contribution in [3.05, 3.63) is 0 Å². The molecule has 0 aromatic carbocycles. The molecule has 84 valence electrons. The summed E-state index contributed by atoms with van der Waals surface area (Å²) < 4.78 is 29.7. The van der Waals surface area contributed by atoms with Gasteiger partial charge in [0.1, 0.15) is 0 Å². The molecule has 4 heteroatoms. The lowest BCUT2D eigenvalue weighted by Gasteiger charge is -2.17. The van der Waals surface area contributed by atoms with Crippen LogP contribution >= 0.6 is 7.68 Å². The molecule has 0 aromatic heterocycles. The molecule has 1 aliphatic rings. The van der Waals surface area contributed by atoms with Gasteiger partial charge in [-0.1, -0.05) is 32.6 Å². The van der Waals surface area contributed by atoms with Gasteiger partial charge >= 0.3 is 7.68 Å². The Bertz CT molecular complexity index is 200. The summed E-state index contributed by atoms with van der Waals surface area (Å²) in [5.41, 5.74) is 0. The quantitative estimate of drug-likeness (QED) is 0.523. The van der Waals surface area contributed by atoms with Crippen LogP contribution in [-0.2, 0) is 9.09 Å². The second-order valence-corrected chi connectivity index (χ2v) is 5.87. The van der Waals surface area contributed by atoms with E-state index in [0.717, 1.165) is 25.7 Å². The van der Waals surface area contributed by atoms with Crippen LogP contribution in [0, 0.1) is 0 Å². The largest absolute Gasteiger partial charge is 0.367 e. The molecule has 14 heavy (non-hydrogen) atoms. The van der Waals surface area contributed by atoms with Crippen LogP contribution in [0.1, 0.15) is 51.9 Å². The van der Waals surface area contributed by atoms with Crippen molar-refractivity contribution in [1.82, 2.24) is 0 Å². The van der Waals surface area contributed by atoms with Gasteiger partial charge in [-0.15, -0.1) is 0 Å². The van der Waals surface area contributed by atoms with Gasteiger partial charge in [-0.05, 0) is 19.3 Å². The zero-order valence-electron chi connectivity index (χ0n) is 8.88. The fourth-order valence-corrected chi connectivity index (χ4v) is 3.19. The fourth-order valence-electron chi connectivity index (χ4n) is 1.89. The van der Waals surface area contributed by atoms with Crippen LogP contribution in [0.2, 0.25) is 0 Å². The van der Waals surface area contributed by atoms with Crippen LogP contribution in [0.25, 0.3) is 0 Å². The molecule has 0 N–H and O–H groups in total. The Hall–Kier alpha value is 0.120. The van der Waals surface area contributed by atoms with Crippen molar-refractivity contribution in [1.29, 1.82) is 0 Å². The lowest BCUT2D eigenvalue weighted by Crippen LogP contribution is -2.09. The summed E-state index contributed by atoms with van der Waals surface area (Å²) >= 11 is 0. The highest BCUT2D eigenvalue weighted by molar-refractivity contribution is 7.53. The van der Waals surface area contributed by atoms with Crippen molar-refractivity contribution in [3.63, 3.8) is 0 Å². The fraction of sp³-hybridized carbons (Fsp3) is 1.00. The van der Waals surface area contributed by atoms with Crippen LogP contribution < -0.4 is 0 Å². The molecule has 0 amide bonds. The van der Waals surface area contributed by atoms with Gasteiger partial charge in [-0.25, -0.2) is 0 Å². The van der Waals surface area contributed by atoms with Gasteiger partial charge in [0.15, 0.2) is 0 Å². The van der Waals surface area contributed by atoms with Crippen molar-refractivity contribution < 1.29 is 13.3 Å². The van der Waals surface area contributed by atoms with E-state index in [9.17, 15) is 8.76 Å². The molecule has 0 saturated heterocycles. The Morgan fingerprint density at radius 1 is 1.29 bits per heavy atom. The van der Waals surface area contributed by atoms with Gasteiger partial charge in [0.25, 0.3) is 0 Å². The molecule has 1 fully saturated rings. The summed E-state index contributed by atoms with van der Waals surface area (Å²) in [5.74, 6) is 0. The highest BCUT2D eigenvalue weighted by Gasteiger charge is 2.26. The number of hydrogen-bond acceptors (Lipinski definition) is 2. The van der Waals surface area contributed by atoms with Crippen molar-refractivity contribution in [3.8, 4) is 0 Å². The van der Waals surface area contributed by atoms with Crippen LogP contribution in [0.15, 0.2) is 0 Å². The predicted octanol–water partition coefficient (Wildman–Crippen LogP) is 4.30. The first-order valence-electron chi connectivity index (χ1n) is 5.61. The van der Waals surface area contributed by atoms with E-state index >= 15 is 0 Å². The zero-order valence-corrected chi connectivity index (χ0v) is 9.77. The summed E-state index contributed by atoms with van der Waals surface area (Å²) in [4.78, 5) is 0. The maximum absolute atomic E-state index is 13.3. The summed E-state index contributed by atoms with van der Waals surface area (Å²) in [6.45, 7) is 1.82. The third-order valence-electron chi connectivity index (χ3n) is 2.60. The molecule has 2 nitrogen and oxygen atoms in total. The minimum Gasteiger partial charge on any atom is -0.302 e. The zero-order chi connectivity index (χ0) is 10.4. The lowest BCUT2D eigenvalue weighted by molar-refractivity contribution is 0.172. The Kier molecular flexibility index (Phi) is 5.11. The molecule has 1 aliphatic carbocycles. The van der Waals surface area contributed by atoms with Crippen molar-refractivity contribution in [2.24, 2.45) is 0 Å². The van der Waals surface area contributed by atoms with Crippen molar-refractivity contribution in [2.45, 2.75) is 58.0 Å². The second kappa shape index (κ2) is 5.87. The van der Waals surface area contributed by atoms with E-state index in [0.29, 0.717) is 6.42 Å². The summed E-state index contributed by atoms with van der Waals surface area (Å²) in [5, 5.41) is 0. The molecule has 1 atom stereocenters. The molecule has 1 rings (SSSR count). The number of rotatable bonds is 4. The van der Waals surface area contributed by atoms with Crippen LogP contribution in [0.5, 0.6) is 0 Å². The topological polar surface area (TPSA) is 26.3 Å². The molecular weight excluding hydrogens is 202 g/mol. The summed E-state index contributed by atoms with van der Waals surface area (Å²) in [6.07, 6.45) is 6.86. The standard InChI is InChI=1S/C10H20FO2P/c1-2-9-14(11,12)13-10-7-5-3-4-6-8-10/h10H,2-9H2,1H3. The first-order chi connectivity index (χ1) is 6.64. The molecule has 0 heterocycles. The molecule has 1 saturated carbocycles. The third kappa shape index (κ3) is 4.56. The van der Waals surface area contributed by atoms with Crippen molar-refractivity contribution >= 4 is 7.68 Å². The molecule has 0 aliphatic heterocycles. The first kappa shape index (κ1) is 12.2. The smallest absolute Gasteiger partial charge is 0.302 e. The van der Waals surface area contributed by atoms with E-state index in [2.05, 4.69) is 0 Å². The Labute approximate surface area is 85.8 Å². The Morgan fingerprint density at radius 2 is 1.86 bits per heavy atom. The maximum Gasteiger partial charge on any atom is 0.367 e. The number of hydrogen-bond donors (Lipinski definition) is 0. The van der Waals surface area contributed by atoms with Crippen LogP contribution in [0.3, 0.4) is 0 Å². The summed E-state index contributed by atoms with van der Waals surface area (Å²) in [6, 6.07) is 0. The van der Waals surface area contributed by atoms with E-state index in [1.165, 1.54) is 12.8 Å². The average molecular weight is 222 g/mol. The van der Waals surface area contributed by atoms with Crippen LogP contribution in [0.4, 0.5) is 4.20 Å². The van der Waals surface area contributed by atoms with E-state index in [1.54, 1.807) is 0 Å². The second-order valence-electron chi connectivity index (χ2n) is 4.03. The molecule has 0 bridgehead atoms. The van der Waals surface area contributed by atoms with Gasteiger partial charge < -0.3 is 4.52 Å². The van der Waals surface area contributed by atoms with E-state index < -0.39 is 7.68 Å². The average Bonchev–Trinajstić information content (AvgIpc) is 2.31. The minimum atomic E-state index is -3.78. The maximum atomic E-state index is 13.3. The molecule has 1 unspecified atom stereocenters. The number of halogens is 1. The van der Waals surface area contributed by atoms with E-state index in [-0.39, 0.29) is 12.3 Å². The monoisotopic (exact) mass is 222 g/mol. The lowest BCUT2D eigenvalue weighted by atomic mass is 10.2. The normalized spacial score (nSPS) is 24.1. The van der Waals surface area contributed by atoms with Crippen molar-refractivity contribution in [2.75, 3.05) is 6.16 Å². The summed E-state index contributed by atoms with van der Waals surface area (Å²) in [7, 11) is -3.78. The highest BCUT2D eigenvalue weighted by atomic mass is 31.2. The molecule has 0 radical (unpaired) electrons. The van der Waals surface area contributed by atoms with E-state index in [4.69, 9.17) is 4.52 Å². The molecule has 0 spiro atoms. The molecule has 0 aromatic rings. The highest BCUT2D eigenvalue weighted by Crippen LogP contribution is 2.51. The van der Waals surface area contributed by atoms with Gasteiger partial charge in [0, 0.05) is 0 Å². The van der Waals surface area contributed by atoms with E-state index in [1.807, 2.05) is 6.92 Å². The SMILES string of the molecule is CCCP(=O)(F)OC1CCCCCC1. The van der Waals surface area contributed by atoms with Gasteiger partial charge in [0.2, 0.25) is 0 Å². The molecular formula is C10H20FO2P. The Balaban J connectivity index is 2.37. The van der Waals surface area contributed by atoms with Gasteiger partial charge in [0.05, 0.1) is 12.3 Å². The Morgan fingerprint density at radius 3 is 2.36 bits per heavy atom. The van der Waals surface area contributed by atoms with Gasteiger partial charge in [-0.2, -0.15) is 4.20 Å². The first-order valence-corrected chi connectivity index (χ1v) is 7.31. The minimum absolute atomic E-state index is 0.0729. The van der Waals surface area contributed by atoms with Gasteiger partial charge in [-0.3, -0.25) is 4.57 Å². The van der Waals surface area contributed by atoms with Crippen LogP contribution in [-0.4, -0.2) is 12.3 Å². The third-order valence-corrected chi connectivity index (χ3v) is 4.19.